The SMILES string of the molecule is CCNC(=NCCNC(=O)C1CC1)N1CCC(CC(C)C)C1.I. The van der Waals surface area contributed by atoms with Gasteiger partial charge in [-0.1, -0.05) is 13.8 Å². The van der Waals surface area contributed by atoms with Crippen LogP contribution in [0.25, 0.3) is 0 Å². The van der Waals surface area contributed by atoms with Crippen LogP contribution < -0.4 is 10.6 Å². The van der Waals surface area contributed by atoms with Crippen molar-refractivity contribution in [3.8, 4) is 0 Å². The summed E-state index contributed by atoms with van der Waals surface area (Å²) < 4.78 is 0. The summed E-state index contributed by atoms with van der Waals surface area (Å²) in [5, 5.41) is 6.36. The van der Waals surface area contributed by atoms with Crippen LogP contribution >= 0.6 is 24.0 Å². The van der Waals surface area contributed by atoms with E-state index in [2.05, 4.69) is 41.3 Å². The minimum atomic E-state index is 0. The van der Waals surface area contributed by atoms with Gasteiger partial charge in [-0.3, -0.25) is 9.79 Å². The van der Waals surface area contributed by atoms with Gasteiger partial charge in [0.25, 0.3) is 0 Å². The number of hydrogen-bond donors (Lipinski definition) is 2. The van der Waals surface area contributed by atoms with Crippen LogP contribution in [-0.2, 0) is 4.79 Å². The van der Waals surface area contributed by atoms with Crippen LogP contribution in [0.3, 0.4) is 0 Å². The molecule has 1 saturated heterocycles. The van der Waals surface area contributed by atoms with Gasteiger partial charge in [0.1, 0.15) is 0 Å². The lowest BCUT2D eigenvalue weighted by Gasteiger charge is -2.22. The molecule has 2 N–H and O–H groups in total. The van der Waals surface area contributed by atoms with E-state index in [1.54, 1.807) is 0 Å². The molecular weight excluding hydrogens is 403 g/mol. The van der Waals surface area contributed by atoms with Crippen molar-refractivity contribution in [3.05, 3.63) is 0 Å². The third-order valence-electron chi connectivity index (χ3n) is 4.35. The Morgan fingerprint density at radius 1 is 1.26 bits per heavy atom. The number of rotatable bonds is 7. The molecule has 6 heteroatoms. The van der Waals surface area contributed by atoms with E-state index < -0.39 is 0 Å². The van der Waals surface area contributed by atoms with Crippen LogP contribution in [0.2, 0.25) is 0 Å². The molecule has 134 valence electrons. The van der Waals surface area contributed by atoms with Crippen molar-refractivity contribution >= 4 is 35.8 Å². The smallest absolute Gasteiger partial charge is 0.223 e. The van der Waals surface area contributed by atoms with Gasteiger partial charge in [0.15, 0.2) is 5.96 Å². The van der Waals surface area contributed by atoms with E-state index in [-0.39, 0.29) is 35.8 Å². The quantitative estimate of drug-likeness (QED) is 0.279. The molecule has 0 radical (unpaired) electrons. The van der Waals surface area contributed by atoms with Gasteiger partial charge in [-0.15, -0.1) is 24.0 Å². The van der Waals surface area contributed by atoms with Gasteiger partial charge in [0.2, 0.25) is 5.91 Å². The number of guanidine groups is 1. The molecule has 0 bridgehead atoms. The van der Waals surface area contributed by atoms with Gasteiger partial charge in [-0.2, -0.15) is 0 Å². The van der Waals surface area contributed by atoms with Gasteiger partial charge in [0.05, 0.1) is 6.54 Å². The Labute approximate surface area is 158 Å². The second-order valence-corrected chi connectivity index (χ2v) is 7.03. The van der Waals surface area contributed by atoms with Crippen LogP contribution in [-0.4, -0.2) is 49.5 Å². The molecule has 5 nitrogen and oxygen atoms in total. The normalized spacial score (nSPS) is 21.3. The highest BCUT2D eigenvalue weighted by atomic mass is 127. The highest BCUT2D eigenvalue weighted by Gasteiger charge is 2.29. The Balaban J connectivity index is 0.00000264. The van der Waals surface area contributed by atoms with E-state index in [4.69, 9.17) is 0 Å². The van der Waals surface area contributed by atoms with Gasteiger partial charge < -0.3 is 15.5 Å². The lowest BCUT2D eigenvalue weighted by molar-refractivity contribution is -0.122. The van der Waals surface area contributed by atoms with Crippen LogP contribution in [0.1, 0.15) is 46.5 Å². The van der Waals surface area contributed by atoms with E-state index in [9.17, 15) is 4.79 Å². The topological polar surface area (TPSA) is 56.7 Å². The number of nitrogens with zero attached hydrogens (tertiary/aromatic N) is 2. The molecule has 0 aromatic carbocycles. The summed E-state index contributed by atoms with van der Waals surface area (Å²) in [5.74, 6) is 3.06. The summed E-state index contributed by atoms with van der Waals surface area (Å²) >= 11 is 0. The average molecular weight is 436 g/mol. The highest BCUT2D eigenvalue weighted by Crippen LogP contribution is 2.28. The van der Waals surface area contributed by atoms with Crippen molar-refractivity contribution in [2.45, 2.75) is 46.5 Å². The van der Waals surface area contributed by atoms with E-state index in [1.807, 2.05) is 0 Å². The van der Waals surface area contributed by atoms with Crippen molar-refractivity contribution < 1.29 is 4.79 Å². The Morgan fingerprint density at radius 2 is 2.00 bits per heavy atom. The zero-order chi connectivity index (χ0) is 15.9. The standard InChI is InChI=1S/C17H32N4O.HI/c1-4-18-17(20-9-8-19-16(22)15-5-6-15)21-10-7-14(12-21)11-13(2)3;/h13-15H,4-12H2,1-3H3,(H,18,20)(H,19,22);1H. The maximum absolute atomic E-state index is 11.6. The van der Waals surface area contributed by atoms with Crippen LogP contribution in [0.15, 0.2) is 4.99 Å². The van der Waals surface area contributed by atoms with Crippen molar-refractivity contribution in [2.24, 2.45) is 22.7 Å². The van der Waals surface area contributed by atoms with Crippen molar-refractivity contribution in [1.29, 1.82) is 0 Å². The molecule has 1 amide bonds. The molecule has 1 aliphatic heterocycles. The molecule has 2 rings (SSSR count). The predicted octanol–water partition coefficient (Wildman–Crippen LogP) is 2.46. The number of amides is 1. The highest BCUT2D eigenvalue weighted by molar-refractivity contribution is 14.0. The predicted molar refractivity (Wildman–Crippen MR) is 106 cm³/mol. The lowest BCUT2D eigenvalue weighted by Crippen LogP contribution is -2.40. The van der Waals surface area contributed by atoms with Gasteiger partial charge in [-0.25, -0.2) is 0 Å². The molecule has 1 atom stereocenters. The molecule has 1 aliphatic carbocycles. The molecule has 2 aliphatic rings. The number of carbonyl (C=O) groups excluding carboxylic acids is 1. The summed E-state index contributed by atoms with van der Waals surface area (Å²) in [6.07, 6.45) is 4.68. The van der Waals surface area contributed by atoms with E-state index in [0.29, 0.717) is 13.1 Å². The van der Waals surface area contributed by atoms with Gasteiger partial charge in [0, 0.05) is 32.1 Å². The largest absolute Gasteiger partial charge is 0.357 e. The summed E-state index contributed by atoms with van der Waals surface area (Å²) in [7, 11) is 0. The third kappa shape index (κ3) is 7.27. The number of halogens is 1. The molecule has 0 aromatic heterocycles. The Hall–Kier alpha value is -0.530. The maximum atomic E-state index is 11.6. The molecule has 2 fully saturated rings. The Kier molecular flexibility index (Phi) is 9.24. The number of carbonyl (C=O) groups is 1. The molecule has 0 spiro atoms. The number of likely N-dealkylation sites (tertiary alicyclic amines) is 1. The first-order valence-electron chi connectivity index (χ1n) is 8.91. The molecule has 23 heavy (non-hydrogen) atoms. The van der Waals surface area contributed by atoms with E-state index >= 15 is 0 Å². The first-order valence-corrected chi connectivity index (χ1v) is 8.91. The number of hydrogen-bond acceptors (Lipinski definition) is 2. The third-order valence-corrected chi connectivity index (χ3v) is 4.35. The fourth-order valence-electron chi connectivity index (χ4n) is 3.14. The second kappa shape index (κ2) is 10.4. The zero-order valence-electron chi connectivity index (χ0n) is 14.8. The first-order chi connectivity index (χ1) is 10.6. The monoisotopic (exact) mass is 436 g/mol. The number of nitrogens with one attached hydrogen (secondary N) is 2. The summed E-state index contributed by atoms with van der Waals surface area (Å²) in [6.45, 7) is 11.1. The van der Waals surface area contributed by atoms with Gasteiger partial charge >= 0.3 is 0 Å². The zero-order valence-corrected chi connectivity index (χ0v) is 17.1. The molecular formula is C17H33IN4O. The lowest BCUT2D eigenvalue weighted by atomic mass is 9.97. The van der Waals surface area contributed by atoms with Gasteiger partial charge in [-0.05, 0) is 44.4 Å². The van der Waals surface area contributed by atoms with E-state index in [0.717, 1.165) is 50.3 Å². The fourth-order valence-corrected chi connectivity index (χ4v) is 3.14. The Morgan fingerprint density at radius 3 is 2.61 bits per heavy atom. The fraction of sp³-hybridized carbons (Fsp3) is 0.882. The van der Waals surface area contributed by atoms with Crippen LogP contribution in [0.5, 0.6) is 0 Å². The average Bonchev–Trinajstić information content (AvgIpc) is 3.22. The maximum Gasteiger partial charge on any atom is 0.223 e. The van der Waals surface area contributed by atoms with Crippen LogP contribution in [0, 0.1) is 17.8 Å². The summed E-state index contributed by atoms with van der Waals surface area (Å²) in [6, 6.07) is 0. The molecule has 0 aromatic rings. The number of aliphatic imine (C=N–C) groups is 1. The van der Waals surface area contributed by atoms with Crippen molar-refractivity contribution in [1.82, 2.24) is 15.5 Å². The minimum Gasteiger partial charge on any atom is -0.357 e. The summed E-state index contributed by atoms with van der Waals surface area (Å²) in [4.78, 5) is 18.6. The Bertz CT molecular complexity index is 396. The molecule has 1 heterocycles. The van der Waals surface area contributed by atoms with Crippen molar-refractivity contribution in [3.63, 3.8) is 0 Å². The second-order valence-electron chi connectivity index (χ2n) is 7.03. The van der Waals surface area contributed by atoms with E-state index in [1.165, 1.54) is 12.8 Å². The molecule has 1 saturated carbocycles. The first kappa shape index (κ1) is 20.5. The minimum absolute atomic E-state index is 0. The molecule has 1 unspecified atom stereocenters. The van der Waals surface area contributed by atoms with Crippen molar-refractivity contribution in [2.75, 3.05) is 32.7 Å². The summed E-state index contributed by atoms with van der Waals surface area (Å²) in [5.41, 5.74) is 0. The van der Waals surface area contributed by atoms with Crippen LogP contribution in [0.4, 0.5) is 0 Å².